The van der Waals surface area contributed by atoms with E-state index in [-0.39, 0.29) is 18.8 Å². The fourth-order valence-electron chi connectivity index (χ4n) is 4.66. The Kier molecular flexibility index (Phi) is 8.92. The number of carbonyl (C=O) groups is 2. The van der Waals surface area contributed by atoms with Crippen LogP contribution in [-0.4, -0.2) is 79.4 Å². The van der Waals surface area contributed by atoms with Crippen molar-refractivity contribution in [3.63, 3.8) is 0 Å². The van der Waals surface area contributed by atoms with Crippen LogP contribution in [0.3, 0.4) is 0 Å². The number of hydrogen-bond acceptors (Lipinski definition) is 7. The average molecular weight is 510 g/mol. The molecule has 0 unspecified atom stereocenters. The van der Waals surface area contributed by atoms with Gasteiger partial charge in [-0.1, -0.05) is 30.3 Å². The van der Waals surface area contributed by atoms with Gasteiger partial charge in [-0.15, -0.1) is 0 Å². The van der Waals surface area contributed by atoms with Gasteiger partial charge < -0.3 is 24.0 Å². The normalized spacial score (nSPS) is 17.4. The second kappa shape index (κ2) is 12.3. The number of piperazine rings is 1. The highest BCUT2D eigenvalue weighted by atomic mass is 16.6. The van der Waals surface area contributed by atoms with Crippen LogP contribution < -0.4 is 9.64 Å². The van der Waals surface area contributed by atoms with Crippen molar-refractivity contribution in [1.29, 1.82) is 0 Å². The third-order valence-corrected chi connectivity index (χ3v) is 6.57. The minimum absolute atomic E-state index is 0.00854. The fourth-order valence-corrected chi connectivity index (χ4v) is 4.66. The molecule has 0 saturated carbocycles. The van der Waals surface area contributed by atoms with Gasteiger partial charge in [-0.05, 0) is 63.4 Å². The molecule has 2 fully saturated rings. The number of benzene rings is 2. The molecule has 0 aliphatic carbocycles. The molecule has 200 valence electrons. The summed E-state index contributed by atoms with van der Waals surface area (Å²) >= 11 is 0. The van der Waals surface area contributed by atoms with Crippen LogP contribution in [0.15, 0.2) is 54.6 Å². The Labute approximate surface area is 220 Å². The zero-order valence-corrected chi connectivity index (χ0v) is 22.2. The Hall–Kier alpha value is -3.26. The highest BCUT2D eigenvalue weighted by molar-refractivity contribution is 5.71. The Morgan fingerprint density at radius 2 is 1.51 bits per heavy atom. The topological polar surface area (TPSA) is 71.5 Å². The number of anilines is 1. The summed E-state index contributed by atoms with van der Waals surface area (Å²) < 4.78 is 16.7. The molecule has 0 atom stereocenters. The largest absolute Gasteiger partial charge is 0.482 e. The minimum atomic E-state index is -0.529. The van der Waals surface area contributed by atoms with Crippen LogP contribution in [0, 0.1) is 0 Å². The first-order valence-electron chi connectivity index (χ1n) is 13.2. The van der Waals surface area contributed by atoms with E-state index in [0.717, 1.165) is 51.3 Å². The highest BCUT2D eigenvalue weighted by Gasteiger charge is 2.27. The Bertz CT molecular complexity index is 1010. The van der Waals surface area contributed by atoms with Crippen molar-refractivity contribution in [2.75, 3.05) is 50.8 Å². The van der Waals surface area contributed by atoms with E-state index in [2.05, 4.69) is 34.1 Å². The second-order valence-electron chi connectivity index (χ2n) is 10.7. The van der Waals surface area contributed by atoms with Crippen LogP contribution in [0.5, 0.6) is 5.75 Å². The lowest BCUT2D eigenvalue weighted by Crippen LogP contribution is -2.50. The van der Waals surface area contributed by atoms with E-state index >= 15 is 0 Å². The van der Waals surface area contributed by atoms with Gasteiger partial charge in [-0.2, -0.15) is 0 Å². The first-order chi connectivity index (χ1) is 17.7. The van der Waals surface area contributed by atoms with Crippen molar-refractivity contribution in [3.8, 4) is 5.75 Å². The molecule has 2 aliphatic rings. The van der Waals surface area contributed by atoms with Crippen molar-refractivity contribution in [3.05, 3.63) is 60.2 Å². The average Bonchev–Trinajstić information content (AvgIpc) is 2.89. The predicted molar refractivity (Wildman–Crippen MR) is 143 cm³/mol. The summed E-state index contributed by atoms with van der Waals surface area (Å²) in [5.74, 6) is 0.226. The van der Waals surface area contributed by atoms with E-state index in [0.29, 0.717) is 18.8 Å². The molecule has 0 bridgehead atoms. The van der Waals surface area contributed by atoms with Crippen LogP contribution >= 0.6 is 0 Å². The van der Waals surface area contributed by atoms with Crippen LogP contribution in [0.25, 0.3) is 0 Å². The van der Waals surface area contributed by atoms with Gasteiger partial charge in [0.1, 0.15) is 17.5 Å². The minimum Gasteiger partial charge on any atom is -0.482 e. The molecular weight excluding hydrogens is 470 g/mol. The molecule has 0 N–H and O–H groups in total. The summed E-state index contributed by atoms with van der Waals surface area (Å²) in [4.78, 5) is 31.1. The first-order valence-corrected chi connectivity index (χ1v) is 13.2. The van der Waals surface area contributed by atoms with Gasteiger partial charge in [0.2, 0.25) is 0 Å². The van der Waals surface area contributed by atoms with Crippen LogP contribution in [0.4, 0.5) is 10.5 Å². The van der Waals surface area contributed by atoms with Crippen LogP contribution in [-0.2, 0) is 20.8 Å². The standard InChI is InChI=1S/C29H39N3O5/c1-29(2,3)37-27(33)22-35-25-11-9-24(10-12-25)31-17-19-32(20-18-31)28(34)36-26-13-15-30(16-14-26)21-23-7-5-4-6-8-23/h4-12,26H,13-22H2,1-3H3. The quantitative estimate of drug-likeness (QED) is 0.515. The predicted octanol–water partition coefficient (Wildman–Crippen LogP) is 4.33. The number of ether oxygens (including phenoxy) is 3. The van der Waals surface area contributed by atoms with Crippen molar-refractivity contribution in [2.24, 2.45) is 0 Å². The van der Waals surface area contributed by atoms with E-state index in [9.17, 15) is 9.59 Å². The van der Waals surface area contributed by atoms with E-state index in [4.69, 9.17) is 14.2 Å². The van der Waals surface area contributed by atoms with Gasteiger partial charge >= 0.3 is 12.1 Å². The Balaban J connectivity index is 1.15. The smallest absolute Gasteiger partial charge is 0.410 e. The summed E-state index contributed by atoms with van der Waals surface area (Å²) in [6.45, 7) is 10.9. The van der Waals surface area contributed by atoms with Gasteiger partial charge in [0.15, 0.2) is 6.61 Å². The maximum atomic E-state index is 12.8. The first kappa shape index (κ1) is 26.8. The van der Waals surface area contributed by atoms with Crippen molar-refractivity contribution < 1.29 is 23.8 Å². The van der Waals surface area contributed by atoms with E-state index in [1.54, 1.807) is 0 Å². The molecule has 8 heteroatoms. The maximum Gasteiger partial charge on any atom is 0.410 e. The van der Waals surface area contributed by atoms with Crippen molar-refractivity contribution in [2.45, 2.75) is 51.9 Å². The van der Waals surface area contributed by atoms with Crippen LogP contribution in [0.1, 0.15) is 39.2 Å². The summed E-state index contributed by atoms with van der Waals surface area (Å²) in [5, 5.41) is 0. The van der Waals surface area contributed by atoms with E-state index in [1.165, 1.54) is 5.56 Å². The summed E-state index contributed by atoms with van der Waals surface area (Å²) in [6.07, 6.45) is 1.54. The molecule has 2 heterocycles. The maximum absolute atomic E-state index is 12.8. The van der Waals surface area contributed by atoms with E-state index in [1.807, 2.05) is 56.0 Å². The number of nitrogens with zero attached hydrogens (tertiary/aromatic N) is 3. The lowest BCUT2D eigenvalue weighted by atomic mass is 10.1. The molecule has 2 aromatic carbocycles. The Morgan fingerprint density at radius 1 is 0.865 bits per heavy atom. The summed E-state index contributed by atoms with van der Waals surface area (Å²) in [7, 11) is 0. The molecule has 1 amide bonds. The van der Waals surface area contributed by atoms with Gasteiger partial charge in [0, 0.05) is 51.5 Å². The number of likely N-dealkylation sites (tertiary alicyclic amines) is 1. The number of hydrogen-bond donors (Lipinski definition) is 0. The highest BCUT2D eigenvalue weighted by Crippen LogP contribution is 2.22. The number of piperidine rings is 1. The zero-order valence-electron chi connectivity index (χ0n) is 22.2. The van der Waals surface area contributed by atoms with Gasteiger partial charge in [-0.25, -0.2) is 9.59 Å². The summed E-state index contributed by atoms with van der Waals surface area (Å²) in [6, 6.07) is 18.1. The van der Waals surface area contributed by atoms with Gasteiger partial charge in [-0.3, -0.25) is 4.90 Å². The van der Waals surface area contributed by atoms with Gasteiger partial charge in [0.05, 0.1) is 0 Å². The Morgan fingerprint density at radius 3 is 2.14 bits per heavy atom. The molecule has 37 heavy (non-hydrogen) atoms. The number of rotatable bonds is 7. The molecule has 0 radical (unpaired) electrons. The number of esters is 1. The third kappa shape index (κ3) is 8.39. The fraction of sp³-hybridized carbons (Fsp3) is 0.517. The third-order valence-electron chi connectivity index (χ3n) is 6.57. The van der Waals surface area contributed by atoms with Crippen molar-refractivity contribution in [1.82, 2.24) is 9.80 Å². The molecule has 8 nitrogen and oxygen atoms in total. The zero-order chi connectivity index (χ0) is 26.3. The second-order valence-corrected chi connectivity index (χ2v) is 10.7. The van der Waals surface area contributed by atoms with Crippen LogP contribution in [0.2, 0.25) is 0 Å². The monoisotopic (exact) mass is 509 g/mol. The lowest BCUT2D eigenvalue weighted by molar-refractivity contribution is -0.157. The van der Waals surface area contributed by atoms with Crippen molar-refractivity contribution >= 4 is 17.7 Å². The molecule has 4 rings (SSSR count). The molecule has 2 saturated heterocycles. The molecular formula is C29H39N3O5. The molecule has 2 aliphatic heterocycles. The van der Waals surface area contributed by atoms with E-state index < -0.39 is 11.6 Å². The summed E-state index contributed by atoms with van der Waals surface area (Å²) in [5.41, 5.74) is 1.85. The lowest BCUT2D eigenvalue weighted by Gasteiger charge is -2.37. The number of amides is 1. The number of carbonyl (C=O) groups excluding carboxylic acids is 2. The molecule has 2 aromatic rings. The SMILES string of the molecule is CC(C)(C)OC(=O)COc1ccc(N2CCN(C(=O)OC3CCN(Cc4ccccc4)CC3)CC2)cc1. The van der Waals surface area contributed by atoms with Gasteiger partial charge in [0.25, 0.3) is 0 Å². The molecule has 0 aromatic heterocycles. The molecule has 0 spiro atoms.